The Morgan fingerprint density at radius 1 is 1.27 bits per heavy atom. The number of likely N-dealkylation sites (tertiary alicyclic amines) is 2. The lowest BCUT2D eigenvalue weighted by Gasteiger charge is -2.48. The van der Waals surface area contributed by atoms with Crippen molar-refractivity contribution in [2.45, 2.75) is 65.7 Å². The molecule has 26 heavy (non-hydrogen) atoms. The van der Waals surface area contributed by atoms with Gasteiger partial charge in [0.2, 0.25) is 11.7 Å². The Morgan fingerprint density at radius 2 is 2.08 bits per heavy atom. The number of hydrogen-bond donors (Lipinski definition) is 0. The van der Waals surface area contributed by atoms with E-state index in [9.17, 15) is 9.59 Å². The fourth-order valence-electron chi connectivity index (χ4n) is 4.31. The largest absolute Gasteiger partial charge is 0.435 e. The molecule has 0 bridgehead atoms. The van der Waals surface area contributed by atoms with Gasteiger partial charge < -0.3 is 14.2 Å². The van der Waals surface area contributed by atoms with Gasteiger partial charge in [-0.1, -0.05) is 20.3 Å². The van der Waals surface area contributed by atoms with Crippen LogP contribution in [0.5, 0.6) is 0 Å². The second kappa shape index (κ2) is 7.80. The molecule has 0 N–H and O–H groups in total. The van der Waals surface area contributed by atoms with Crippen LogP contribution in [0.15, 0.2) is 4.42 Å². The molecule has 1 aromatic heterocycles. The number of carbonyl (C=O) groups excluding carboxylic acids is 2. The maximum Gasteiger partial charge on any atom is 0.291 e. The molecule has 0 radical (unpaired) electrons. The summed E-state index contributed by atoms with van der Waals surface area (Å²) in [5, 5.41) is 0. The molecule has 2 aliphatic rings. The minimum absolute atomic E-state index is 0.0388. The minimum Gasteiger partial charge on any atom is -0.435 e. The van der Waals surface area contributed by atoms with E-state index in [-0.39, 0.29) is 17.2 Å². The summed E-state index contributed by atoms with van der Waals surface area (Å²) < 4.78 is 5.68. The molecule has 2 saturated heterocycles. The SMILES string of the molecule is CCCCN1CC2(CCCN(C(=O)c3oc(CC)nc3C)C2)CCC1=O. The number of oxazole rings is 1. The van der Waals surface area contributed by atoms with Crippen LogP contribution in [0.25, 0.3) is 0 Å². The molecule has 0 aromatic carbocycles. The summed E-state index contributed by atoms with van der Waals surface area (Å²) in [5.74, 6) is 1.22. The van der Waals surface area contributed by atoms with Crippen molar-refractivity contribution in [3.05, 3.63) is 17.3 Å². The molecule has 6 nitrogen and oxygen atoms in total. The van der Waals surface area contributed by atoms with Crippen molar-refractivity contribution in [3.63, 3.8) is 0 Å². The number of piperidine rings is 2. The van der Waals surface area contributed by atoms with Gasteiger partial charge in [-0.3, -0.25) is 9.59 Å². The third-order valence-electron chi connectivity index (χ3n) is 5.82. The van der Waals surface area contributed by atoms with Crippen LogP contribution in [-0.4, -0.2) is 52.8 Å². The van der Waals surface area contributed by atoms with Gasteiger partial charge in [-0.25, -0.2) is 4.98 Å². The number of aryl methyl sites for hydroxylation is 2. The van der Waals surface area contributed by atoms with Crippen molar-refractivity contribution in [1.82, 2.24) is 14.8 Å². The number of unbranched alkanes of at least 4 members (excludes halogenated alkanes) is 1. The molecule has 1 aromatic rings. The topological polar surface area (TPSA) is 66.7 Å². The summed E-state index contributed by atoms with van der Waals surface area (Å²) in [6.45, 7) is 9.04. The van der Waals surface area contributed by atoms with Crippen molar-refractivity contribution in [3.8, 4) is 0 Å². The Hall–Kier alpha value is -1.85. The van der Waals surface area contributed by atoms with Gasteiger partial charge in [0.1, 0.15) is 0 Å². The highest BCUT2D eigenvalue weighted by molar-refractivity contribution is 5.92. The highest BCUT2D eigenvalue weighted by atomic mass is 16.4. The molecule has 2 aliphatic heterocycles. The van der Waals surface area contributed by atoms with Gasteiger partial charge in [0.25, 0.3) is 5.91 Å². The summed E-state index contributed by atoms with van der Waals surface area (Å²) in [7, 11) is 0. The van der Waals surface area contributed by atoms with E-state index in [0.29, 0.717) is 36.7 Å². The molecule has 6 heteroatoms. The summed E-state index contributed by atoms with van der Waals surface area (Å²) in [4.78, 5) is 33.6. The summed E-state index contributed by atoms with van der Waals surface area (Å²) in [6, 6.07) is 0. The quantitative estimate of drug-likeness (QED) is 0.808. The van der Waals surface area contributed by atoms with Gasteiger partial charge >= 0.3 is 0 Å². The Balaban J connectivity index is 1.72. The maximum atomic E-state index is 13.0. The van der Waals surface area contributed by atoms with E-state index in [1.807, 2.05) is 23.6 Å². The van der Waals surface area contributed by atoms with Crippen molar-refractivity contribution < 1.29 is 14.0 Å². The van der Waals surface area contributed by atoms with Gasteiger partial charge in [0.15, 0.2) is 5.89 Å². The van der Waals surface area contributed by atoms with E-state index in [0.717, 1.165) is 51.7 Å². The Bertz CT molecular complexity index is 669. The maximum absolute atomic E-state index is 13.0. The van der Waals surface area contributed by atoms with Gasteiger partial charge in [-0.2, -0.15) is 0 Å². The Morgan fingerprint density at radius 3 is 2.77 bits per heavy atom. The van der Waals surface area contributed by atoms with Crippen molar-refractivity contribution >= 4 is 11.8 Å². The van der Waals surface area contributed by atoms with Crippen LogP contribution in [0.3, 0.4) is 0 Å². The number of amides is 2. The first-order chi connectivity index (χ1) is 12.5. The van der Waals surface area contributed by atoms with Gasteiger partial charge in [0.05, 0.1) is 5.69 Å². The number of aromatic nitrogens is 1. The van der Waals surface area contributed by atoms with Crippen LogP contribution in [-0.2, 0) is 11.2 Å². The third-order valence-corrected chi connectivity index (χ3v) is 5.82. The predicted molar refractivity (Wildman–Crippen MR) is 98.9 cm³/mol. The lowest BCUT2D eigenvalue weighted by Crippen LogP contribution is -2.55. The minimum atomic E-state index is -0.0502. The molecule has 0 saturated carbocycles. The van der Waals surface area contributed by atoms with Crippen LogP contribution in [0.1, 0.15) is 74.5 Å². The van der Waals surface area contributed by atoms with Crippen LogP contribution >= 0.6 is 0 Å². The number of carbonyl (C=O) groups is 2. The first-order valence-corrected chi connectivity index (χ1v) is 10.0. The zero-order valence-electron chi connectivity index (χ0n) is 16.3. The van der Waals surface area contributed by atoms with E-state index in [1.54, 1.807) is 0 Å². The fraction of sp³-hybridized carbons (Fsp3) is 0.750. The normalized spacial score (nSPS) is 23.7. The molecule has 1 spiro atoms. The molecular formula is C20H31N3O3. The van der Waals surface area contributed by atoms with Gasteiger partial charge in [-0.15, -0.1) is 0 Å². The van der Waals surface area contributed by atoms with Gasteiger partial charge in [0, 0.05) is 44.4 Å². The van der Waals surface area contributed by atoms with E-state index >= 15 is 0 Å². The molecule has 2 fully saturated rings. The van der Waals surface area contributed by atoms with E-state index in [1.165, 1.54) is 0 Å². The average molecular weight is 361 g/mol. The highest BCUT2D eigenvalue weighted by Crippen LogP contribution is 2.39. The summed E-state index contributed by atoms with van der Waals surface area (Å²) in [6.07, 6.45) is 6.37. The summed E-state index contributed by atoms with van der Waals surface area (Å²) in [5.41, 5.74) is 0.715. The van der Waals surface area contributed by atoms with Crippen LogP contribution < -0.4 is 0 Å². The molecule has 1 atom stereocenters. The van der Waals surface area contributed by atoms with Crippen molar-refractivity contribution in [2.75, 3.05) is 26.2 Å². The summed E-state index contributed by atoms with van der Waals surface area (Å²) >= 11 is 0. The molecule has 2 amide bonds. The van der Waals surface area contributed by atoms with Crippen molar-refractivity contribution in [2.24, 2.45) is 5.41 Å². The monoisotopic (exact) mass is 361 g/mol. The van der Waals surface area contributed by atoms with E-state index in [4.69, 9.17) is 4.42 Å². The zero-order valence-corrected chi connectivity index (χ0v) is 16.3. The molecule has 1 unspecified atom stereocenters. The highest BCUT2D eigenvalue weighted by Gasteiger charge is 2.43. The molecule has 3 heterocycles. The zero-order chi connectivity index (χ0) is 18.7. The second-order valence-electron chi connectivity index (χ2n) is 7.87. The van der Waals surface area contributed by atoms with Crippen LogP contribution in [0, 0.1) is 12.3 Å². The van der Waals surface area contributed by atoms with Gasteiger partial charge in [-0.05, 0) is 32.6 Å². The van der Waals surface area contributed by atoms with E-state index < -0.39 is 0 Å². The van der Waals surface area contributed by atoms with Crippen LogP contribution in [0.4, 0.5) is 0 Å². The molecule has 3 rings (SSSR count). The first kappa shape index (κ1) is 18.9. The smallest absolute Gasteiger partial charge is 0.291 e. The van der Waals surface area contributed by atoms with Crippen LogP contribution in [0.2, 0.25) is 0 Å². The Kier molecular flexibility index (Phi) is 5.68. The third kappa shape index (κ3) is 3.79. The Labute approximate surface area is 155 Å². The van der Waals surface area contributed by atoms with E-state index in [2.05, 4.69) is 11.9 Å². The number of nitrogens with zero attached hydrogens (tertiary/aromatic N) is 3. The number of hydrogen-bond acceptors (Lipinski definition) is 4. The average Bonchev–Trinajstić information content (AvgIpc) is 3.03. The molecule has 144 valence electrons. The molecule has 0 aliphatic carbocycles. The first-order valence-electron chi connectivity index (χ1n) is 10.0. The molecular weight excluding hydrogens is 330 g/mol. The second-order valence-corrected chi connectivity index (χ2v) is 7.87. The lowest BCUT2D eigenvalue weighted by molar-refractivity contribution is -0.139. The standard InChI is InChI=1S/C20H31N3O3/c1-4-6-11-22-13-20(10-8-17(22)24)9-7-12-23(14-20)19(25)18-15(3)21-16(5-2)26-18/h4-14H2,1-3H3. The predicted octanol–water partition coefficient (Wildman–Crippen LogP) is 3.19. The van der Waals surface area contributed by atoms with Crippen molar-refractivity contribution in [1.29, 1.82) is 0 Å². The number of rotatable bonds is 5. The lowest BCUT2D eigenvalue weighted by atomic mass is 9.73. The fourth-order valence-corrected chi connectivity index (χ4v) is 4.31.